The molecular weight excluding hydrogens is 375 g/mol. The molecule has 4 rings (SSSR count). The van der Waals surface area contributed by atoms with Gasteiger partial charge in [0.05, 0.1) is 10.8 Å². The van der Waals surface area contributed by atoms with Gasteiger partial charge in [0.1, 0.15) is 5.82 Å². The summed E-state index contributed by atoms with van der Waals surface area (Å²) >= 11 is 0. The van der Waals surface area contributed by atoms with E-state index < -0.39 is 21.3 Å². The molecular formula is C17H19FN4O4S. The van der Waals surface area contributed by atoms with Gasteiger partial charge < -0.3 is 9.42 Å². The molecule has 1 aromatic heterocycles. The van der Waals surface area contributed by atoms with Crippen molar-refractivity contribution in [1.82, 2.24) is 19.3 Å². The van der Waals surface area contributed by atoms with Crippen LogP contribution in [0, 0.1) is 18.2 Å². The smallest absolute Gasteiger partial charge is 0.243 e. The third-order valence-electron chi connectivity index (χ3n) is 5.37. The summed E-state index contributed by atoms with van der Waals surface area (Å²) in [7, 11) is -3.72. The van der Waals surface area contributed by atoms with Crippen LogP contribution >= 0.6 is 0 Å². The van der Waals surface area contributed by atoms with Crippen molar-refractivity contribution in [2.45, 2.75) is 24.7 Å². The van der Waals surface area contributed by atoms with Crippen molar-refractivity contribution in [3.05, 3.63) is 41.8 Å². The van der Waals surface area contributed by atoms with E-state index in [0.717, 1.165) is 12.1 Å². The summed E-state index contributed by atoms with van der Waals surface area (Å²) in [6, 6.07) is 4.76. The van der Waals surface area contributed by atoms with Gasteiger partial charge in [0.15, 0.2) is 5.82 Å². The zero-order valence-corrected chi connectivity index (χ0v) is 15.7. The second-order valence-corrected chi connectivity index (χ2v) is 9.16. The molecule has 27 heavy (non-hydrogen) atoms. The van der Waals surface area contributed by atoms with E-state index in [9.17, 15) is 17.6 Å². The lowest BCUT2D eigenvalue weighted by molar-refractivity contribution is -0.128. The molecule has 1 amide bonds. The maximum atomic E-state index is 13.1. The van der Waals surface area contributed by atoms with Gasteiger partial charge in [-0.1, -0.05) is 5.16 Å². The molecule has 1 unspecified atom stereocenters. The Balaban J connectivity index is 1.60. The van der Waals surface area contributed by atoms with Crippen molar-refractivity contribution >= 4 is 15.9 Å². The monoisotopic (exact) mass is 394 g/mol. The lowest BCUT2D eigenvalue weighted by atomic mass is 9.73. The number of nitrogens with zero attached hydrogens (tertiary/aromatic N) is 4. The first-order valence-electron chi connectivity index (χ1n) is 8.53. The zero-order chi connectivity index (χ0) is 19.4. The summed E-state index contributed by atoms with van der Waals surface area (Å²) in [5.74, 6) is 0.135. The molecule has 0 aliphatic carbocycles. The molecule has 1 spiro atoms. The molecule has 144 valence electrons. The van der Waals surface area contributed by atoms with E-state index in [1.807, 2.05) is 0 Å². The van der Waals surface area contributed by atoms with Crippen molar-refractivity contribution in [1.29, 1.82) is 0 Å². The molecule has 1 atom stereocenters. The van der Waals surface area contributed by atoms with Crippen molar-refractivity contribution in [3.63, 3.8) is 0 Å². The molecule has 1 aromatic carbocycles. The predicted octanol–water partition coefficient (Wildman–Crippen LogP) is 1.15. The van der Waals surface area contributed by atoms with Crippen LogP contribution in [0.15, 0.2) is 33.7 Å². The quantitative estimate of drug-likeness (QED) is 0.775. The average Bonchev–Trinajstić information content (AvgIpc) is 3.17. The normalized spacial score (nSPS) is 22.2. The van der Waals surface area contributed by atoms with Crippen LogP contribution < -0.4 is 0 Å². The van der Waals surface area contributed by atoms with Gasteiger partial charge in [0, 0.05) is 38.5 Å². The summed E-state index contributed by atoms with van der Waals surface area (Å²) in [4.78, 5) is 17.9. The van der Waals surface area contributed by atoms with Crippen LogP contribution in [0.5, 0.6) is 0 Å². The van der Waals surface area contributed by atoms with Crippen LogP contribution in [0.1, 0.15) is 24.6 Å². The second kappa shape index (κ2) is 6.10. The summed E-state index contributed by atoms with van der Waals surface area (Å²) in [5, 5.41) is 3.82. The van der Waals surface area contributed by atoms with Gasteiger partial charge in [-0.25, -0.2) is 12.8 Å². The Morgan fingerprint density at radius 3 is 2.48 bits per heavy atom. The number of carbonyl (C=O) groups is 1. The predicted molar refractivity (Wildman–Crippen MR) is 91.6 cm³/mol. The SMILES string of the molecule is CC(=O)N1CC(c2nc(C)no2)C2(C1)CN(S(=O)(=O)c1ccc(F)cc1)C2. The summed E-state index contributed by atoms with van der Waals surface area (Å²) in [5.41, 5.74) is -0.461. The number of hydrogen-bond donors (Lipinski definition) is 0. The van der Waals surface area contributed by atoms with E-state index in [0.29, 0.717) is 24.8 Å². The van der Waals surface area contributed by atoms with Crippen LogP contribution in [0.3, 0.4) is 0 Å². The maximum Gasteiger partial charge on any atom is 0.243 e. The van der Waals surface area contributed by atoms with Crippen molar-refractivity contribution in [3.8, 4) is 0 Å². The number of benzene rings is 1. The Kier molecular flexibility index (Phi) is 4.08. The highest BCUT2D eigenvalue weighted by molar-refractivity contribution is 7.89. The van der Waals surface area contributed by atoms with Crippen molar-refractivity contribution < 1.29 is 22.1 Å². The highest BCUT2D eigenvalue weighted by atomic mass is 32.2. The average molecular weight is 394 g/mol. The molecule has 3 heterocycles. The van der Waals surface area contributed by atoms with Crippen LogP contribution in [0.25, 0.3) is 0 Å². The van der Waals surface area contributed by atoms with E-state index >= 15 is 0 Å². The zero-order valence-electron chi connectivity index (χ0n) is 14.9. The van der Waals surface area contributed by atoms with Crippen LogP contribution in [0.2, 0.25) is 0 Å². The number of amides is 1. The number of rotatable bonds is 3. The van der Waals surface area contributed by atoms with Crippen LogP contribution in [-0.2, 0) is 14.8 Å². The molecule has 2 aromatic rings. The minimum atomic E-state index is -3.72. The van der Waals surface area contributed by atoms with E-state index in [4.69, 9.17) is 4.52 Å². The molecule has 8 nitrogen and oxygen atoms in total. The fourth-order valence-corrected chi connectivity index (χ4v) is 5.54. The molecule has 2 aliphatic heterocycles. The Morgan fingerprint density at radius 2 is 1.93 bits per heavy atom. The fraction of sp³-hybridized carbons (Fsp3) is 0.471. The van der Waals surface area contributed by atoms with E-state index in [1.165, 1.54) is 23.4 Å². The van der Waals surface area contributed by atoms with E-state index in [1.54, 1.807) is 11.8 Å². The number of carbonyl (C=O) groups excluding carboxylic acids is 1. The largest absolute Gasteiger partial charge is 0.341 e. The Morgan fingerprint density at radius 1 is 1.26 bits per heavy atom. The Hall–Kier alpha value is -2.33. The number of halogens is 1. The van der Waals surface area contributed by atoms with Gasteiger partial charge in [-0.05, 0) is 31.2 Å². The van der Waals surface area contributed by atoms with Gasteiger partial charge in [-0.2, -0.15) is 9.29 Å². The van der Waals surface area contributed by atoms with Crippen LogP contribution in [-0.4, -0.2) is 59.8 Å². The lowest BCUT2D eigenvalue weighted by Gasteiger charge is -2.48. The third kappa shape index (κ3) is 2.92. The lowest BCUT2D eigenvalue weighted by Crippen LogP contribution is -2.61. The van der Waals surface area contributed by atoms with E-state index in [-0.39, 0.29) is 29.8 Å². The topological polar surface area (TPSA) is 96.6 Å². The minimum Gasteiger partial charge on any atom is -0.341 e. The second-order valence-electron chi connectivity index (χ2n) is 7.22. The highest BCUT2D eigenvalue weighted by Crippen LogP contribution is 2.50. The molecule has 2 aliphatic rings. The molecule has 0 radical (unpaired) electrons. The van der Waals surface area contributed by atoms with Crippen LogP contribution in [0.4, 0.5) is 4.39 Å². The molecule has 0 saturated carbocycles. The number of sulfonamides is 1. The Labute approximate surface area is 156 Å². The van der Waals surface area contributed by atoms with Gasteiger partial charge in [0.2, 0.25) is 21.8 Å². The molecule has 0 bridgehead atoms. The summed E-state index contributed by atoms with van der Waals surface area (Å²) in [6.07, 6.45) is 0. The molecule has 2 saturated heterocycles. The minimum absolute atomic E-state index is 0.0466. The first-order chi connectivity index (χ1) is 12.7. The maximum absolute atomic E-state index is 13.1. The van der Waals surface area contributed by atoms with Gasteiger partial charge in [0.25, 0.3) is 0 Å². The molecule has 10 heteroatoms. The van der Waals surface area contributed by atoms with Gasteiger partial charge >= 0.3 is 0 Å². The van der Waals surface area contributed by atoms with Crippen molar-refractivity contribution in [2.75, 3.05) is 26.2 Å². The number of hydrogen-bond acceptors (Lipinski definition) is 6. The number of aromatic nitrogens is 2. The third-order valence-corrected chi connectivity index (χ3v) is 7.17. The van der Waals surface area contributed by atoms with Crippen molar-refractivity contribution in [2.24, 2.45) is 5.41 Å². The van der Waals surface area contributed by atoms with Gasteiger partial charge in [-0.3, -0.25) is 4.79 Å². The standard InChI is InChI=1S/C17H19FN4O4S/c1-11-19-16(26-20-11)15-7-21(12(2)23)8-17(15)9-22(10-17)27(24,25)14-5-3-13(18)4-6-14/h3-6,15H,7-10H2,1-2H3. The highest BCUT2D eigenvalue weighted by Gasteiger charge is 2.59. The van der Waals surface area contributed by atoms with Gasteiger partial charge in [-0.15, -0.1) is 0 Å². The number of likely N-dealkylation sites (tertiary alicyclic amines) is 1. The first-order valence-corrected chi connectivity index (χ1v) is 9.97. The molecule has 2 fully saturated rings. The first kappa shape index (κ1) is 18.1. The summed E-state index contributed by atoms with van der Waals surface area (Å²) in [6.45, 7) is 4.53. The number of aryl methyl sites for hydroxylation is 1. The summed E-state index contributed by atoms with van der Waals surface area (Å²) < 4.78 is 45.4. The Bertz CT molecular complexity index is 983. The fourth-order valence-electron chi connectivity index (χ4n) is 3.91. The van der Waals surface area contributed by atoms with E-state index in [2.05, 4.69) is 10.1 Å². The molecule has 0 N–H and O–H groups in total.